The summed E-state index contributed by atoms with van der Waals surface area (Å²) in [6.45, 7) is 0.733. The maximum absolute atomic E-state index is 11.2. The monoisotopic (exact) mass is 305 g/mol. The van der Waals surface area contributed by atoms with E-state index in [2.05, 4.69) is 29.6 Å². The first-order valence-electron chi connectivity index (χ1n) is 7.69. The van der Waals surface area contributed by atoms with Crippen LogP contribution in [0.15, 0.2) is 42.5 Å². The van der Waals surface area contributed by atoms with Gasteiger partial charge in [-0.2, -0.15) is 5.26 Å². The lowest BCUT2D eigenvalue weighted by Gasteiger charge is -2.10. The van der Waals surface area contributed by atoms with Crippen molar-refractivity contribution in [1.82, 2.24) is 0 Å². The first-order valence-corrected chi connectivity index (χ1v) is 7.69. The number of nitriles is 1. The SMILES string of the molecule is N#Cc1ccc(NCC2C3Cc4ccccc4C23)c([N+](=O)[O-])c1. The Morgan fingerprint density at radius 2 is 2.13 bits per heavy atom. The van der Waals surface area contributed by atoms with Gasteiger partial charge in [0.05, 0.1) is 16.6 Å². The molecule has 0 aromatic heterocycles. The lowest BCUT2D eigenvalue weighted by atomic mass is 10.0. The molecule has 5 nitrogen and oxygen atoms in total. The minimum absolute atomic E-state index is 0.0322. The highest BCUT2D eigenvalue weighted by Crippen LogP contribution is 2.61. The van der Waals surface area contributed by atoms with Crippen LogP contribution in [0.5, 0.6) is 0 Å². The van der Waals surface area contributed by atoms with E-state index in [1.165, 1.54) is 17.2 Å². The van der Waals surface area contributed by atoms with Crippen molar-refractivity contribution in [3.63, 3.8) is 0 Å². The lowest BCUT2D eigenvalue weighted by Crippen LogP contribution is -2.09. The zero-order valence-corrected chi connectivity index (χ0v) is 12.4. The summed E-state index contributed by atoms with van der Waals surface area (Å²) in [6.07, 6.45) is 1.11. The van der Waals surface area contributed by atoms with Gasteiger partial charge in [0.1, 0.15) is 5.69 Å². The van der Waals surface area contributed by atoms with E-state index in [4.69, 9.17) is 5.26 Å². The molecule has 3 unspecified atom stereocenters. The van der Waals surface area contributed by atoms with Gasteiger partial charge in [-0.15, -0.1) is 0 Å². The van der Waals surface area contributed by atoms with Crippen molar-refractivity contribution in [3.8, 4) is 6.07 Å². The predicted octanol–water partition coefficient (Wildman–Crippen LogP) is 3.46. The van der Waals surface area contributed by atoms with E-state index < -0.39 is 4.92 Å². The zero-order valence-electron chi connectivity index (χ0n) is 12.4. The molecule has 0 heterocycles. The van der Waals surface area contributed by atoms with Gasteiger partial charge in [0.25, 0.3) is 5.69 Å². The quantitative estimate of drug-likeness (QED) is 0.693. The second-order valence-electron chi connectivity index (χ2n) is 6.24. The Bertz CT molecular complexity index is 840. The van der Waals surface area contributed by atoms with Crippen molar-refractivity contribution in [2.45, 2.75) is 12.3 Å². The number of hydrogen-bond donors (Lipinski definition) is 1. The molecular weight excluding hydrogens is 290 g/mol. The third-order valence-corrected chi connectivity index (χ3v) is 5.05. The Labute approximate surface area is 133 Å². The summed E-state index contributed by atoms with van der Waals surface area (Å²) in [7, 11) is 0. The summed E-state index contributed by atoms with van der Waals surface area (Å²) < 4.78 is 0. The number of nitrogens with one attached hydrogen (secondary N) is 1. The van der Waals surface area contributed by atoms with E-state index in [0.29, 0.717) is 29.0 Å². The van der Waals surface area contributed by atoms with Crippen molar-refractivity contribution < 1.29 is 4.92 Å². The van der Waals surface area contributed by atoms with Crippen LogP contribution in [-0.2, 0) is 6.42 Å². The van der Waals surface area contributed by atoms with Crippen LogP contribution in [-0.4, -0.2) is 11.5 Å². The van der Waals surface area contributed by atoms with E-state index >= 15 is 0 Å². The number of nitro groups is 1. The first-order chi connectivity index (χ1) is 11.2. The molecule has 1 saturated carbocycles. The molecule has 23 heavy (non-hydrogen) atoms. The summed E-state index contributed by atoms with van der Waals surface area (Å²) in [5.41, 5.74) is 3.66. The Morgan fingerprint density at radius 3 is 2.91 bits per heavy atom. The molecule has 2 aliphatic carbocycles. The number of rotatable bonds is 4. The molecule has 3 atom stereocenters. The van der Waals surface area contributed by atoms with Crippen molar-refractivity contribution in [2.75, 3.05) is 11.9 Å². The van der Waals surface area contributed by atoms with E-state index in [0.717, 1.165) is 13.0 Å². The van der Waals surface area contributed by atoms with Gasteiger partial charge in [0.15, 0.2) is 0 Å². The van der Waals surface area contributed by atoms with Gasteiger partial charge in [0.2, 0.25) is 0 Å². The fourth-order valence-electron chi connectivity index (χ4n) is 3.89. The Balaban J connectivity index is 1.48. The molecule has 5 heteroatoms. The molecule has 0 spiro atoms. The number of anilines is 1. The van der Waals surface area contributed by atoms with Crippen LogP contribution >= 0.6 is 0 Å². The highest BCUT2D eigenvalue weighted by molar-refractivity contribution is 5.64. The smallest absolute Gasteiger partial charge is 0.293 e. The van der Waals surface area contributed by atoms with Gasteiger partial charge in [-0.05, 0) is 47.4 Å². The highest BCUT2D eigenvalue weighted by atomic mass is 16.6. The highest BCUT2D eigenvalue weighted by Gasteiger charge is 2.54. The van der Waals surface area contributed by atoms with Gasteiger partial charge >= 0.3 is 0 Å². The second kappa shape index (κ2) is 5.10. The van der Waals surface area contributed by atoms with Crippen LogP contribution in [0.3, 0.4) is 0 Å². The van der Waals surface area contributed by atoms with E-state index in [9.17, 15) is 10.1 Å². The standard InChI is InChI=1S/C18H15N3O2/c19-9-11-5-6-16(17(7-11)21(22)23)20-10-15-14-8-12-3-1-2-4-13(12)18(14)15/h1-7,14-15,18,20H,8,10H2. The number of nitrogens with zero attached hydrogens (tertiary/aromatic N) is 2. The molecule has 0 radical (unpaired) electrons. The third-order valence-electron chi connectivity index (χ3n) is 5.05. The molecule has 1 fully saturated rings. The molecule has 0 saturated heterocycles. The second-order valence-corrected chi connectivity index (χ2v) is 6.24. The van der Waals surface area contributed by atoms with Crippen LogP contribution in [0.25, 0.3) is 0 Å². The van der Waals surface area contributed by atoms with Crippen LogP contribution in [0.4, 0.5) is 11.4 Å². The van der Waals surface area contributed by atoms with Crippen LogP contribution in [0.1, 0.15) is 22.6 Å². The molecule has 4 rings (SSSR count). The number of hydrogen-bond acceptors (Lipinski definition) is 4. The fraction of sp³-hybridized carbons (Fsp3) is 0.278. The van der Waals surface area contributed by atoms with Gasteiger partial charge < -0.3 is 5.32 Å². The summed E-state index contributed by atoms with van der Waals surface area (Å²) in [5, 5.41) is 23.3. The van der Waals surface area contributed by atoms with Crippen LogP contribution in [0.2, 0.25) is 0 Å². The zero-order chi connectivity index (χ0) is 16.0. The third kappa shape index (κ3) is 2.23. The van der Waals surface area contributed by atoms with Crippen molar-refractivity contribution >= 4 is 11.4 Å². The normalized spacial score (nSPS) is 23.5. The molecule has 0 amide bonds. The van der Waals surface area contributed by atoms with Crippen LogP contribution < -0.4 is 5.32 Å². The maximum atomic E-state index is 11.2. The van der Waals surface area contributed by atoms with E-state index in [1.807, 2.05) is 6.07 Å². The van der Waals surface area contributed by atoms with Gasteiger partial charge in [0, 0.05) is 12.6 Å². The Hall–Kier alpha value is -2.87. The molecular formula is C18H15N3O2. The summed E-state index contributed by atoms with van der Waals surface area (Å²) >= 11 is 0. The minimum atomic E-state index is -0.438. The molecule has 1 N–H and O–H groups in total. The molecule has 2 aliphatic rings. The summed E-state index contributed by atoms with van der Waals surface area (Å²) in [5.74, 6) is 1.80. The van der Waals surface area contributed by atoms with E-state index in [-0.39, 0.29) is 5.69 Å². The van der Waals surface area contributed by atoms with Gasteiger partial charge in [-0.1, -0.05) is 24.3 Å². The minimum Gasteiger partial charge on any atom is -0.379 e. The maximum Gasteiger partial charge on any atom is 0.293 e. The average molecular weight is 305 g/mol. The molecule has 114 valence electrons. The van der Waals surface area contributed by atoms with Crippen molar-refractivity contribution in [1.29, 1.82) is 5.26 Å². The van der Waals surface area contributed by atoms with Crippen LogP contribution in [0, 0.1) is 33.3 Å². The fourth-order valence-corrected chi connectivity index (χ4v) is 3.89. The van der Waals surface area contributed by atoms with Gasteiger partial charge in [-0.3, -0.25) is 10.1 Å². The molecule has 2 aromatic carbocycles. The van der Waals surface area contributed by atoms with E-state index in [1.54, 1.807) is 12.1 Å². The van der Waals surface area contributed by atoms with Gasteiger partial charge in [-0.25, -0.2) is 0 Å². The lowest BCUT2D eigenvalue weighted by molar-refractivity contribution is -0.384. The number of nitro benzene ring substituents is 1. The number of fused-ring (bicyclic) bond motifs is 3. The summed E-state index contributed by atoms with van der Waals surface area (Å²) in [6, 6.07) is 15.0. The van der Waals surface area contributed by atoms with Crippen molar-refractivity contribution in [2.24, 2.45) is 11.8 Å². The summed E-state index contributed by atoms with van der Waals surface area (Å²) in [4.78, 5) is 10.7. The largest absolute Gasteiger partial charge is 0.379 e. The average Bonchev–Trinajstić information content (AvgIpc) is 3.10. The Kier molecular flexibility index (Phi) is 3.05. The number of benzene rings is 2. The molecule has 0 bridgehead atoms. The predicted molar refractivity (Wildman–Crippen MR) is 86.2 cm³/mol. The molecule has 2 aromatic rings. The Morgan fingerprint density at radius 1 is 1.30 bits per heavy atom. The van der Waals surface area contributed by atoms with Crippen molar-refractivity contribution in [3.05, 3.63) is 69.3 Å². The molecule has 0 aliphatic heterocycles. The first kappa shape index (κ1) is 13.8. The topological polar surface area (TPSA) is 79.0 Å².